The highest BCUT2D eigenvalue weighted by Crippen LogP contribution is 2.15. The van der Waals surface area contributed by atoms with Gasteiger partial charge in [0.25, 0.3) is 0 Å². The molecule has 1 fully saturated rings. The van der Waals surface area contributed by atoms with Crippen LogP contribution in [0.15, 0.2) is 0 Å². The largest absolute Gasteiger partial charge is 0.395 e. The van der Waals surface area contributed by atoms with Gasteiger partial charge in [0.15, 0.2) is 0 Å². The molecule has 1 aliphatic heterocycles. The number of nitrogens with one attached hydrogen (secondary N) is 1. The molecule has 0 aromatic rings. The number of hydrogen-bond donors (Lipinski definition) is 3. The Labute approximate surface area is 79.2 Å². The molecule has 4 nitrogen and oxygen atoms in total. The molecule has 4 heteroatoms. The zero-order chi connectivity index (χ0) is 9.68. The van der Waals surface area contributed by atoms with E-state index in [1.165, 1.54) is 12.8 Å². The van der Waals surface area contributed by atoms with Gasteiger partial charge < -0.3 is 10.8 Å². The lowest BCUT2D eigenvalue weighted by Crippen LogP contribution is -2.42. The van der Waals surface area contributed by atoms with Crippen LogP contribution in [0.3, 0.4) is 0 Å². The third-order valence-electron chi connectivity index (χ3n) is 2.58. The highest BCUT2D eigenvalue weighted by atomic mass is 16.3. The molecule has 1 rings (SSSR count). The minimum atomic E-state index is 0.188. The fraction of sp³-hybridized carbons (Fsp3) is 0.889. The molecule has 4 N–H and O–H groups in total. The quantitative estimate of drug-likeness (QED) is 0.433. The van der Waals surface area contributed by atoms with Crippen LogP contribution in [0.25, 0.3) is 0 Å². The molecule has 0 spiro atoms. The van der Waals surface area contributed by atoms with Gasteiger partial charge in [-0.05, 0) is 19.4 Å². The summed E-state index contributed by atoms with van der Waals surface area (Å²) in [7, 11) is 0. The summed E-state index contributed by atoms with van der Waals surface area (Å²) < 4.78 is 0. The van der Waals surface area contributed by atoms with Crippen molar-refractivity contribution in [2.24, 2.45) is 5.73 Å². The predicted octanol–water partition coefficient (Wildman–Crippen LogP) is 0.159. The monoisotopic (exact) mass is 185 g/mol. The maximum absolute atomic E-state index is 9.15. The first-order valence-electron chi connectivity index (χ1n) is 4.92. The molecule has 0 amide bonds. The first-order chi connectivity index (χ1) is 6.24. The summed E-state index contributed by atoms with van der Waals surface area (Å²) in [5, 5.41) is 16.4. The fourth-order valence-corrected chi connectivity index (χ4v) is 1.87. The van der Waals surface area contributed by atoms with E-state index in [0.717, 1.165) is 19.4 Å². The smallest absolute Gasteiger partial charge is 0.105 e. The van der Waals surface area contributed by atoms with E-state index in [9.17, 15) is 0 Å². The third-order valence-corrected chi connectivity index (χ3v) is 2.58. The molecule has 1 saturated heterocycles. The lowest BCUT2D eigenvalue weighted by Gasteiger charge is -2.27. The molecule has 0 saturated carbocycles. The summed E-state index contributed by atoms with van der Waals surface area (Å²) in [6, 6.07) is 0.214. The van der Waals surface area contributed by atoms with Gasteiger partial charge in [0.05, 0.1) is 13.2 Å². The molecule has 0 radical (unpaired) electrons. The van der Waals surface area contributed by atoms with Crippen LogP contribution in [0.2, 0.25) is 0 Å². The maximum atomic E-state index is 9.15. The van der Waals surface area contributed by atoms with Crippen LogP contribution in [0, 0.1) is 5.41 Å². The zero-order valence-corrected chi connectivity index (χ0v) is 8.00. The first kappa shape index (κ1) is 10.5. The van der Waals surface area contributed by atoms with Crippen molar-refractivity contribution in [3.8, 4) is 0 Å². The zero-order valence-electron chi connectivity index (χ0n) is 8.00. The van der Waals surface area contributed by atoms with Crippen LogP contribution in [0.4, 0.5) is 0 Å². The normalized spacial score (nSPS) is 25.5. The summed E-state index contributed by atoms with van der Waals surface area (Å²) >= 11 is 0. The molecular weight excluding hydrogens is 166 g/mol. The first-order valence-corrected chi connectivity index (χ1v) is 4.92. The molecule has 0 aromatic carbocycles. The van der Waals surface area contributed by atoms with Gasteiger partial charge >= 0.3 is 0 Å². The van der Waals surface area contributed by atoms with E-state index in [2.05, 4.69) is 4.90 Å². The molecule has 13 heavy (non-hydrogen) atoms. The standard InChI is InChI=1S/C9H19N3O/c10-9(11)6-12-5-3-1-2-4-8(12)7-13/h8,13H,1-7H2,(H3,10,11). The van der Waals surface area contributed by atoms with Crippen molar-refractivity contribution in [1.82, 2.24) is 4.90 Å². The molecule has 1 unspecified atom stereocenters. The Hall–Kier alpha value is -0.610. The third kappa shape index (κ3) is 3.32. The molecule has 1 aliphatic rings. The van der Waals surface area contributed by atoms with Gasteiger partial charge in [-0.25, -0.2) is 0 Å². The SMILES string of the molecule is N=C(N)CN1CCCCCC1CO. The van der Waals surface area contributed by atoms with Gasteiger partial charge in [0.1, 0.15) is 5.84 Å². The van der Waals surface area contributed by atoms with Gasteiger partial charge in [-0.3, -0.25) is 10.3 Å². The van der Waals surface area contributed by atoms with Crippen molar-refractivity contribution in [3.05, 3.63) is 0 Å². The summed E-state index contributed by atoms with van der Waals surface area (Å²) in [6.07, 6.45) is 4.60. The molecule has 1 heterocycles. The highest BCUT2D eigenvalue weighted by molar-refractivity contribution is 5.78. The van der Waals surface area contributed by atoms with E-state index in [4.69, 9.17) is 16.2 Å². The number of hydrogen-bond acceptors (Lipinski definition) is 3. The Bertz CT molecular complexity index is 172. The summed E-state index contributed by atoms with van der Waals surface area (Å²) in [4.78, 5) is 2.12. The highest BCUT2D eigenvalue weighted by Gasteiger charge is 2.20. The van der Waals surface area contributed by atoms with Crippen molar-refractivity contribution in [3.63, 3.8) is 0 Å². The second kappa shape index (κ2) is 5.19. The Morgan fingerprint density at radius 2 is 2.23 bits per heavy atom. The Kier molecular flexibility index (Phi) is 4.18. The van der Waals surface area contributed by atoms with Crippen LogP contribution >= 0.6 is 0 Å². The van der Waals surface area contributed by atoms with Crippen molar-refractivity contribution in [2.45, 2.75) is 31.7 Å². The second-order valence-electron chi connectivity index (χ2n) is 3.68. The number of rotatable bonds is 3. The van der Waals surface area contributed by atoms with E-state index in [1.807, 2.05) is 0 Å². The van der Waals surface area contributed by atoms with E-state index >= 15 is 0 Å². The van der Waals surface area contributed by atoms with Crippen molar-refractivity contribution >= 4 is 5.84 Å². The number of aliphatic hydroxyl groups is 1. The lowest BCUT2D eigenvalue weighted by atomic mass is 10.1. The van der Waals surface area contributed by atoms with Gasteiger partial charge in [0, 0.05) is 6.04 Å². The summed E-state index contributed by atoms with van der Waals surface area (Å²) in [6.45, 7) is 1.66. The molecular formula is C9H19N3O. The summed E-state index contributed by atoms with van der Waals surface area (Å²) in [5.74, 6) is 0.195. The molecule has 76 valence electrons. The molecule has 0 aromatic heterocycles. The van der Waals surface area contributed by atoms with Crippen LogP contribution in [-0.2, 0) is 0 Å². The number of nitrogens with two attached hydrogens (primary N) is 1. The van der Waals surface area contributed by atoms with Crippen LogP contribution in [0.5, 0.6) is 0 Å². The van der Waals surface area contributed by atoms with E-state index in [-0.39, 0.29) is 18.5 Å². The minimum Gasteiger partial charge on any atom is -0.395 e. The Balaban J connectivity index is 2.48. The lowest BCUT2D eigenvalue weighted by molar-refractivity contribution is 0.139. The van der Waals surface area contributed by atoms with Crippen molar-refractivity contribution < 1.29 is 5.11 Å². The molecule has 0 bridgehead atoms. The van der Waals surface area contributed by atoms with Crippen LogP contribution in [0.1, 0.15) is 25.7 Å². The Morgan fingerprint density at radius 3 is 2.85 bits per heavy atom. The predicted molar refractivity (Wildman–Crippen MR) is 52.8 cm³/mol. The van der Waals surface area contributed by atoms with Crippen LogP contribution < -0.4 is 5.73 Å². The molecule has 1 atom stereocenters. The number of amidine groups is 1. The van der Waals surface area contributed by atoms with Gasteiger partial charge in [-0.2, -0.15) is 0 Å². The average molecular weight is 185 g/mol. The number of nitrogens with zero attached hydrogens (tertiary/aromatic N) is 1. The molecule has 0 aliphatic carbocycles. The Morgan fingerprint density at radius 1 is 1.46 bits per heavy atom. The van der Waals surface area contributed by atoms with Crippen molar-refractivity contribution in [1.29, 1.82) is 5.41 Å². The number of aliphatic hydroxyl groups excluding tert-OH is 1. The number of likely N-dealkylation sites (tertiary alicyclic amines) is 1. The van der Waals surface area contributed by atoms with E-state index in [1.54, 1.807) is 0 Å². The topological polar surface area (TPSA) is 73.3 Å². The second-order valence-corrected chi connectivity index (χ2v) is 3.68. The summed E-state index contributed by atoms with van der Waals surface area (Å²) in [5.41, 5.74) is 5.35. The van der Waals surface area contributed by atoms with E-state index in [0.29, 0.717) is 6.54 Å². The fourth-order valence-electron chi connectivity index (χ4n) is 1.87. The minimum absolute atomic E-state index is 0.188. The maximum Gasteiger partial charge on any atom is 0.105 e. The average Bonchev–Trinajstić information content (AvgIpc) is 2.28. The van der Waals surface area contributed by atoms with Gasteiger partial charge in [-0.1, -0.05) is 12.8 Å². The van der Waals surface area contributed by atoms with Crippen LogP contribution in [-0.4, -0.2) is 41.6 Å². The van der Waals surface area contributed by atoms with E-state index < -0.39 is 0 Å². The van der Waals surface area contributed by atoms with Gasteiger partial charge in [-0.15, -0.1) is 0 Å². The van der Waals surface area contributed by atoms with Gasteiger partial charge in [0.2, 0.25) is 0 Å². The van der Waals surface area contributed by atoms with Crippen molar-refractivity contribution in [2.75, 3.05) is 19.7 Å².